The van der Waals surface area contributed by atoms with Crippen molar-refractivity contribution in [2.45, 2.75) is 39.3 Å². The first-order valence-electron chi connectivity index (χ1n) is 6.87. The Bertz CT molecular complexity index is 385. The molecule has 0 saturated carbocycles. The first-order chi connectivity index (χ1) is 9.16. The van der Waals surface area contributed by atoms with E-state index in [9.17, 15) is 4.79 Å². The number of nitrogens with one attached hydrogen (secondary N) is 1. The Balaban J connectivity index is 1.92. The van der Waals surface area contributed by atoms with Crippen molar-refractivity contribution in [2.75, 3.05) is 19.6 Å². The van der Waals surface area contributed by atoms with E-state index in [2.05, 4.69) is 34.7 Å². The molecule has 106 valence electrons. The van der Waals surface area contributed by atoms with Gasteiger partial charge in [-0.15, -0.1) is 5.10 Å². The van der Waals surface area contributed by atoms with Gasteiger partial charge in [-0.05, 0) is 56.1 Å². The molecule has 7 heteroatoms. The molecule has 0 aromatic carbocycles. The number of nitrogens with zero attached hydrogens (tertiary/aromatic N) is 5. The van der Waals surface area contributed by atoms with Crippen molar-refractivity contribution < 1.29 is 4.79 Å². The van der Waals surface area contributed by atoms with Gasteiger partial charge in [-0.3, -0.25) is 4.79 Å². The highest BCUT2D eigenvalue weighted by molar-refractivity contribution is 5.76. The van der Waals surface area contributed by atoms with Crippen molar-refractivity contribution in [3.63, 3.8) is 0 Å². The van der Waals surface area contributed by atoms with E-state index in [1.54, 1.807) is 0 Å². The zero-order valence-corrected chi connectivity index (χ0v) is 11.6. The molecule has 1 saturated heterocycles. The Morgan fingerprint density at radius 1 is 1.47 bits per heavy atom. The zero-order valence-electron chi connectivity index (χ0n) is 11.6. The van der Waals surface area contributed by atoms with Gasteiger partial charge in [0.15, 0.2) is 0 Å². The van der Waals surface area contributed by atoms with Gasteiger partial charge in [0.2, 0.25) is 5.91 Å². The molecule has 2 heterocycles. The number of tetrazole rings is 1. The molecule has 19 heavy (non-hydrogen) atoms. The minimum Gasteiger partial charge on any atom is -0.338 e. The van der Waals surface area contributed by atoms with Gasteiger partial charge in [-0.1, -0.05) is 0 Å². The first-order valence-corrected chi connectivity index (χ1v) is 6.87. The summed E-state index contributed by atoms with van der Waals surface area (Å²) < 4.78 is 1.47. The Kier molecular flexibility index (Phi) is 4.84. The fourth-order valence-corrected chi connectivity index (χ4v) is 2.43. The summed E-state index contributed by atoms with van der Waals surface area (Å²) in [5, 5.41) is 14.2. The van der Waals surface area contributed by atoms with Crippen LogP contribution in [0.15, 0.2) is 6.33 Å². The summed E-state index contributed by atoms with van der Waals surface area (Å²) in [6.45, 7) is 7.27. The number of amides is 1. The summed E-state index contributed by atoms with van der Waals surface area (Å²) in [5.41, 5.74) is 0. The summed E-state index contributed by atoms with van der Waals surface area (Å²) >= 11 is 0. The smallest absolute Gasteiger partial charge is 0.244 e. The van der Waals surface area contributed by atoms with E-state index in [1.807, 2.05) is 4.90 Å². The van der Waals surface area contributed by atoms with Gasteiger partial charge in [0.25, 0.3) is 0 Å². The van der Waals surface area contributed by atoms with Gasteiger partial charge < -0.3 is 10.2 Å². The van der Waals surface area contributed by atoms with Crippen molar-refractivity contribution in [1.29, 1.82) is 0 Å². The predicted octanol–water partition coefficient (Wildman–Crippen LogP) is -0.0903. The minimum absolute atomic E-state index is 0.0841. The molecule has 0 unspecified atom stereocenters. The molecular weight excluding hydrogens is 244 g/mol. The number of piperidine rings is 1. The minimum atomic E-state index is 0.0841. The second-order valence-corrected chi connectivity index (χ2v) is 5.34. The third-order valence-electron chi connectivity index (χ3n) is 3.55. The molecule has 1 aliphatic heterocycles. The van der Waals surface area contributed by atoms with Crippen LogP contribution in [0.4, 0.5) is 0 Å². The predicted molar refractivity (Wildman–Crippen MR) is 70.3 cm³/mol. The molecule has 0 aliphatic carbocycles. The lowest BCUT2D eigenvalue weighted by Gasteiger charge is -2.32. The van der Waals surface area contributed by atoms with Gasteiger partial charge in [0.1, 0.15) is 12.9 Å². The highest BCUT2D eigenvalue weighted by Gasteiger charge is 2.23. The van der Waals surface area contributed by atoms with Gasteiger partial charge in [-0.2, -0.15) is 0 Å². The van der Waals surface area contributed by atoms with Gasteiger partial charge in [0, 0.05) is 12.6 Å². The van der Waals surface area contributed by atoms with Crippen LogP contribution in [-0.4, -0.2) is 56.7 Å². The number of aromatic nitrogens is 4. The van der Waals surface area contributed by atoms with Gasteiger partial charge in [0.05, 0.1) is 0 Å². The van der Waals surface area contributed by atoms with Crippen LogP contribution in [0.25, 0.3) is 0 Å². The summed E-state index contributed by atoms with van der Waals surface area (Å²) in [7, 11) is 0. The molecule has 1 aromatic heterocycles. The number of hydrogen-bond acceptors (Lipinski definition) is 5. The maximum absolute atomic E-state index is 12.3. The summed E-state index contributed by atoms with van der Waals surface area (Å²) in [5.74, 6) is 0.683. The molecule has 1 amide bonds. The second-order valence-electron chi connectivity index (χ2n) is 5.34. The Morgan fingerprint density at radius 2 is 2.21 bits per heavy atom. The Labute approximate surface area is 113 Å². The summed E-state index contributed by atoms with van der Waals surface area (Å²) in [6, 6.07) is 0.207. The second kappa shape index (κ2) is 6.60. The van der Waals surface area contributed by atoms with Crippen molar-refractivity contribution in [3.05, 3.63) is 6.33 Å². The quantitative estimate of drug-likeness (QED) is 0.806. The lowest BCUT2D eigenvalue weighted by Crippen LogP contribution is -2.44. The fraction of sp³-hybridized carbons (Fsp3) is 0.833. The summed E-state index contributed by atoms with van der Waals surface area (Å²) in [4.78, 5) is 14.3. The van der Waals surface area contributed by atoms with Crippen LogP contribution in [0, 0.1) is 5.92 Å². The number of rotatable bonds is 5. The first kappa shape index (κ1) is 13.9. The highest BCUT2D eigenvalue weighted by atomic mass is 16.2. The van der Waals surface area contributed by atoms with Gasteiger partial charge in [-0.25, -0.2) is 4.68 Å². The molecule has 0 radical (unpaired) electrons. The Morgan fingerprint density at radius 3 is 2.79 bits per heavy atom. The van der Waals surface area contributed by atoms with E-state index >= 15 is 0 Å². The maximum Gasteiger partial charge on any atom is 0.244 e. The van der Waals surface area contributed by atoms with E-state index in [0.29, 0.717) is 5.92 Å². The lowest BCUT2D eigenvalue weighted by molar-refractivity contribution is -0.134. The topological polar surface area (TPSA) is 75.9 Å². The molecule has 7 nitrogen and oxygen atoms in total. The molecule has 1 aromatic rings. The molecule has 1 N–H and O–H groups in total. The average Bonchev–Trinajstić information content (AvgIpc) is 2.89. The highest BCUT2D eigenvalue weighted by Crippen LogP contribution is 2.15. The number of carbonyl (C=O) groups excluding carboxylic acids is 1. The molecule has 1 aliphatic rings. The van der Waals surface area contributed by atoms with Crippen LogP contribution in [-0.2, 0) is 11.3 Å². The monoisotopic (exact) mass is 266 g/mol. The number of carbonyl (C=O) groups is 1. The largest absolute Gasteiger partial charge is 0.338 e. The van der Waals surface area contributed by atoms with Crippen LogP contribution in [0.5, 0.6) is 0 Å². The molecule has 0 spiro atoms. The molecular formula is C12H22N6O. The third-order valence-corrected chi connectivity index (χ3v) is 3.55. The molecule has 0 atom stereocenters. The van der Waals surface area contributed by atoms with Gasteiger partial charge >= 0.3 is 0 Å². The van der Waals surface area contributed by atoms with E-state index < -0.39 is 0 Å². The van der Waals surface area contributed by atoms with Crippen LogP contribution in [0.2, 0.25) is 0 Å². The molecule has 2 rings (SSSR count). The average molecular weight is 266 g/mol. The Hall–Kier alpha value is -1.50. The van der Waals surface area contributed by atoms with E-state index in [0.717, 1.165) is 32.5 Å². The van der Waals surface area contributed by atoms with Crippen LogP contribution in [0.3, 0.4) is 0 Å². The van der Waals surface area contributed by atoms with Crippen LogP contribution >= 0.6 is 0 Å². The maximum atomic E-state index is 12.3. The van der Waals surface area contributed by atoms with Crippen molar-refractivity contribution in [3.8, 4) is 0 Å². The third kappa shape index (κ3) is 3.99. The molecule has 0 bridgehead atoms. The zero-order chi connectivity index (χ0) is 13.7. The molecule has 1 fully saturated rings. The fourth-order valence-electron chi connectivity index (χ4n) is 2.43. The SMILES string of the molecule is CC(C)N(CC1CCNCC1)C(=O)Cn1cnnn1. The van der Waals surface area contributed by atoms with Crippen molar-refractivity contribution in [1.82, 2.24) is 30.4 Å². The van der Waals surface area contributed by atoms with E-state index in [-0.39, 0.29) is 18.5 Å². The van der Waals surface area contributed by atoms with Crippen LogP contribution in [0.1, 0.15) is 26.7 Å². The standard InChI is InChI=1S/C12H22N6O/c1-10(2)18(7-11-3-5-13-6-4-11)12(19)8-17-9-14-15-16-17/h9-11,13H,3-8H2,1-2H3. The van der Waals surface area contributed by atoms with Crippen molar-refractivity contribution >= 4 is 5.91 Å². The van der Waals surface area contributed by atoms with E-state index in [1.165, 1.54) is 11.0 Å². The number of hydrogen-bond donors (Lipinski definition) is 1. The lowest BCUT2D eigenvalue weighted by atomic mass is 9.97. The normalized spacial score (nSPS) is 16.8. The summed E-state index contributed by atoms with van der Waals surface area (Å²) in [6.07, 6.45) is 3.75. The van der Waals surface area contributed by atoms with Crippen molar-refractivity contribution in [2.24, 2.45) is 5.92 Å². The van der Waals surface area contributed by atoms with Crippen LogP contribution < -0.4 is 5.32 Å². The van der Waals surface area contributed by atoms with E-state index in [4.69, 9.17) is 0 Å².